The first-order valence-corrected chi connectivity index (χ1v) is 5.04. The number of rotatable bonds is 4. The SMILES string of the molecule is CCOC(=O)C(O)(CC)C1CCC1. The van der Waals surface area contributed by atoms with Crippen LogP contribution in [0.25, 0.3) is 0 Å². The van der Waals surface area contributed by atoms with Gasteiger partial charge in [-0.15, -0.1) is 0 Å². The molecule has 0 bridgehead atoms. The second-order valence-electron chi connectivity index (χ2n) is 3.63. The van der Waals surface area contributed by atoms with E-state index in [2.05, 4.69) is 0 Å². The van der Waals surface area contributed by atoms with E-state index in [1.807, 2.05) is 6.92 Å². The summed E-state index contributed by atoms with van der Waals surface area (Å²) < 4.78 is 4.87. The molecule has 1 aliphatic carbocycles. The summed E-state index contributed by atoms with van der Waals surface area (Å²) in [5.74, 6) is -0.321. The third-order valence-corrected chi connectivity index (χ3v) is 2.95. The summed E-state index contributed by atoms with van der Waals surface area (Å²) in [5, 5.41) is 10.1. The molecule has 3 heteroatoms. The van der Waals surface area contributed by atoms with E-state index in [1.165, 1.54) is 0 Å². The molecule has 13 heavy (non-hydrogen) atoms. The van der Waals surface area contributed by atoms with Gasteiger partial charge in [-0.1, -0.05) is 13.3 Å². The van der Waals surface area contributed by atoms with Crippen LogP contribution < -0.4 is 0 Å². The highest BCUT2D eigenvalue weighted by Gasteiger charge is 2.46. The van der Waals surface area contributed by atoms with Crippen LogP contribution >= 0.6 is 0 Å². The summed E-state index contributed by atoms with van der Waals surface area (Å²) in [6.45, 7) is 3.93. The Morgan fingerprint density at radius 3 is 2.46 bits per heavy atom. The van der Waals surface area contributed by atoms with Crippen molar-refractivity contribution < 1.29 is 14.6 Å². The zero-order valence-electron chi connectivity index (χ0n) is 8.38. The van der Waals surface area contributed by atoms with Gasteiger partial charge in [0, 0.05) is 0 Å². The van der Waals surface area contributed by atoms with E-state index in [1.54, 1.807) is 6.92 Å². The maximum absolute atomic E-state index is 11.5. The molecule has 0 aromatic rings. The molecule has 0 aliphatic heterocycles. The van der Waals surface area contributed by atoms with Crippen LogP contribution in [0.1, 0.15) is 39.5 Å². The third kappa shape index (κ3) is 1.85. The maximum Gasteiger partial charge on any atom is 0.338 e. The summed E-state index contributed by atoms with van der Waals surface area (Å²) in [5.41, 5.74) is -1.21. The largest absolute Gasteiger partial charge is 0.464 e. The number of aliphatic hydroxyl groups is 1. The molecule has 1 N–H and O–H groups in total. The van der Waals surface area contributed by atoms with Gasteiger partial charge in [-0.05, 0) is 32.1 Å². The number of hydrogen-bond acceptors (Lipinski definition) is 3. The first-order chi connectivity index (χ1) is 6.15. The van der Waals surface area contributed by atoms with E-state index < -0.39 is 11.6 Å². The second kappa shape index (κ2) is 4.09. The number of carbonyl (C=O) groups excluding carboxylic acids is 1. The highest BCUT2D eigenvalue weighted by molar-refractivity contribution is 5.79. The fraction of sp³-hybridized carbons (Fsp3) is 0.900. The van der Waals surface area contributed by atoms with Gasteiger partial charge in [0.15, 0.2) is 5.60 Å². The molecule has 0 spiro atoms. The smallest absolute Gasteiger partial charge is 0.338 e. The minimum atomic E-state index is -1.21. The van der Waals surface area contributed by atoms with E-state index in [0.29, 0.717) is 13.0 Å². The number of carbonyl (C=O) groups is 1. The van der Waals surface area contributed by atoms with Gasteiger partial charge < -0.3 is 9.84 Å². The monoisotopic (exact) mass is 186 g/mol. The van der Waals surface area contributed by atoms with Crippen molar-refractivity contribution >= 4 is 5.97 Å². The molecule has 0 aromatic heterocycles. The van der Waals surface area contributed by atoms with Crippen molar-refractivity contribution in [2.45, 2.75) is 45.1 Å². The van der Waals surface area contributed by atoms with Crippen LogP contribution in [0.4, 0.5) is 0 Å². The Balaban J connectivity index is 2.61. The Morgan fingerprint density at radius 2 is 2.15 bits per heavy atom. The molecule has 1 saturated carbocycles. The molecular formula is C10H18O3. The minimum Gasteiger partial charge on any atom is -0.464 e. The number of hydrogen-bond donors (Lipinski definition) is 1. The topological polar surface area (TPSA) is 46.5 Å². The molecule has 0 saturated heterocycles. The van der Waals surface area contributed by atoms with Crippen LogP contribution in [0, 0.1) is 5.92 Å². The average molecular weight is 186 g/mol. The zero-order chi connectivity index (χ0) is 9.90. The predicted octanol–water partition coefficient (Wildman–Crippen LogP) is 1.49. The van der Waals surface area contributed by atoms with Crippen molar-refractivity contribution in [1.29, 1.82) is 0 Å². The minimum absolute atomic E-state index is 0.122. The first-order valence-electron chi connectivity index (χ1n) is 5.04. The second-order valence-corrected chi connectivity index (χ2v) is 3.63. The molecule has 1 unspecified atom stereocenters. The van der Waals surface area contributed by atoms with Crippen LogP contribution in [0.5, 0.6) is 0 Å². The summed E-state index contributed by atoms with van der Waals surface area (Å²) in [4.78, 5) is 11.5. The van der Waals surface area contributed by atoms with Gasteiger partial charge in [0.25, 0.3) is 0 Å². The van der Waals surface area contributed by atoms with Crippen molar-refractivity contribution in [1.82, 2.24) is 0 Å². The lowest BCUT2D eigenvalue weighted by Crippen LogP contribution is -2.49. The van der Waals surface area contributed by atoms with Gasteiger partial charge in [-0.2, -0.15) is 0 Å². The Bertz CT molecular complexity index is 187. The first kappa shape index (κ1) is 10.5. The van der Waals surface area contributed by atoms with Crippen molar-refractivity contribution in [2.24, 2.45) is 5.92 Å². The Hall–Kier alpha value is -0.570. The van der Waals surface area contributed by atoms with Gasteiger partial charge in [-0.3, -0.25) is 0 Å². The Kier molecular flexibility index (Phi) is 3.31. The zero-order valence-corrected chi connectivity index (χ0v) is 8.38. The summed E-state index contributed by atoms with van der Waals surface area (Å²) in [7, 11) is 0. The standard InChI is InChI=1S/C10H18O3/c1-3-10(12,8-6-5-7-8)9(11)13-4-2/h8,12H,3-7H2,1-2H3. The normalized spacial score (nSPS) is 21.8. The van der Waals surface area contributed by atoms with E-state index in [-0.39, 0.29) is 5.92 Å². The number of esters is 1. The molecule has 1 rings (SSSR count). The fourth-order valence-electron chi connectivity index (χ4n) is 1.74. The average Bonchev–Trinajstić information content (AvgIpc) is 2.01. The van der Waals surface area contributed by atoms with Crippen molar-refractivity contribution in [2.75, 3.05) is 6.61 Å². The van der Waals surface area contributed by atoms with Crippen LogP contribution in [0.2, 0.25) is 0 Å². The van der Waals surface area contributed by atoms with Crippen LogP contribution in [-0.4, -0.2) is 23.3 Å². The summed E-state index contributed by atoms with van der Waals surface area (Å²) in [6.07, 6.45) is 3.47. The Labute approximate surface area is 79.1 Å². The molecule has 76 valence electrons. The highest BCUT2D eigenvalue weighted by Crippen LogP contribution is 2.38. The van der Waals surface area contributed by atoms with Crippen molar-refractivity contribution in [3.05, 3.63) is 0 Å². The van der Waals surface area contributed by atoms with Crippen molar-refractivity contribution in [3.8, 4) is 0 Å². The lowest BCUT2D eigenvalue weighted by molar-refractivity contribution is -0.176. The van der Waals surface area contributed by atoms with Crippen molar-refractivity contribution in [3.63, 3.8) is 0 Å². The fourth-order valence-corrected chi connectivity index (χ4v) is 1.74. The molecule has 0 aromatic carbocycles. The molecule has 3 nitrogen and oxygen atoms in total. The van der Waals surface area contributed by atoms with E-state index in [4.69, 9.17) is 4.74 Å². The van der Waals surface area contributed by atoms with Crippen LogP contribution in [0.15, 0.2) is 0 Å². The molecule has 0 radical (unpaired) electrons. The van der Waals surface area contributed by atoms with Gasteiger partial charge in [0.2, 0.25) is 0 Å². The third-order valence-electron chi connectivity index (χ3n) is 2.95. The van der Waals surface area contributed by atoms with E-state index in [9.17, 15) is 9.90 Å². The van der Waals surface area contributed by atoms with Crippen LogP contribution in [-0.2, 0) is 9.53 Å². The molecule has 0 heterocycles. The van der Waals surface area contributed by atoms with Gasteiger partial charge in [0.05, 0.1) is 6.61 Å². The van der Waals surface area contributed by atoms with Gasteiger partial charge in [0.1, 0.15) is 0 Å². The van der Waals surface area contributed by atoms with Gasteiger partial charge >= 0.3 is 5.97 Å². The lowest BCUT2D eigenvalue weighted by atomic mass is 9.71. The van der Waals surface area contributed by atoms with Gasteiger partial charge in [-0.25, -0.2) is 4.79 Å². The molecule has 0 amide bonds. The lowest BCUT2D eigenvalue weighted by Gasteiger charge is -2.38. The molecule has 1 aliphatic rings. The molecule has 1 atom stereocenters. The number of ether oxygens (including phenoxy) is 1. The molecule has 1 fully saturated rings. The highest BCUT2D eigenvalue weighted by atomic mass is 16.5. The van der Waals surface area contributed by atoms with Crippen LogP contribution in [0.3, 0.4) is 0 Å². The quantitative estimate of drug-likeness (QED) is 0.677. The predicted molar refractivity (Wildman–Crippen MR) is 49.2 cm³/mol. The summed E-state index contributed by atoms with van der Waals surface area (Å²) in [6, 6.07) is 0. The van der Waals surface area contributed by atoms with E-state index >= 15 is 0 Å². The van der Waals surface area contributed by atoms with E-state index in [0.717, 1.165) is 19.3 Å². The summed E-state index contributed by atoms with van der Waals surface area (Å²) >= 11 is 0. The maximum atomic E-state index is 11.5. The Morgan fingerprint density at radius 1 is 1.54 bits per heavy atom. The molecular weight excluding hydrogens is 168 g/mol.